The van der Waals surface area contributed by atoms with Crippen LogP contribution in [0.3, 0.4) is 0 Å². The van der Waals surface area contributed by atoms with Crippen LogP contribution in [-0.4, -0.2) is 24.4 Å². The zero-order valence-electron chi connectivity index (χ0n) is 12.5. The fraction of sp³-hybridized carbons (Fsp3) is 0.125. The van der Waals surface area contributed by atoms with Gasteiger partial charge in [0.25, 0.3) is 0 Å². The van der Waals surface area contributed by atoms with Crippen LogP contribution in [0.25, 0.3) is 11.4 Å². The Morgan fingerprint density at radius 3 is 2.39 bits per heavy atom. The number of anilines is 2. The second kappa shape index (κ2) is 6.35. The molecule has 118 valence electrons. The first-order valence-electron chi connectivity index (χ1n) is 6.78. The maximum Gasteiger partial charge on any atom is 0.326 e. The van der Waals surface area contributed by atoms with Gasteiger partial charge in [0.15, 0.2) is 0 Å². The minimum Gasteiger partial charge on any atom is -0.497 e. The second-order valence-electron chi connectivity index (χ2n) is 4.63. The van der Waals surface area contributed by atoms with E-state index < -0.39 is 5.82 Å². The zero-order valence-corrected chi connectivity index (χ0v) is 12.5. The summed E-state index contributed by atoms with van der Waals surface area (Å²) in [6.07, 6.45) is 0. The zero-order chi connectivity index (χ0) is 16.2. The van der Waals surface area contributed by atoms with Crippen molar-refractivity contribution >= 4 is 11.7 Å². The van der Waals surface area contributed by atoms with Gasteiger partial charge in [0, 0.05) is 23.9 Å². The van der Waals surface area contributed by atoms with Gasteiger partial charge in [-0.2, -0.15) is 4.98 Å². The van der Waals surface area contributed by atoms with Crippen molar-refractivity contribution in [2.45, 2.75) is 0 Å². The molecule has 0 fully saturated rings. The molecule has 0 bridgehead atoms. The molecule has 7 heteroatoms. The van der Waals surface area contributed by atoms with Crippen molar-refractivity contribution in [1.29, 1.82) is 0 Å². The number of nitrogens with zero attached hydrogens (tertiary/aromatic N) is 2. The molecule has 0 aliphatic heterocycles. The van der Waals surface area contributed by atoms with Crippen molar-refractivity contribution in [2.24, 2.45) is 0 Å². The van der Waals surface area contributed by atoms with Crippen LogP contribution in [0, 0.1) is 5.82 Å². The van der Waals surface area contributed by atoms with Crippen LogP contribution in [-0.2, 0) is 0 Å². The molecule has 0 saturated heterocycles. The van der Waals surface area contributed by atoms with Crippen LogP contribution in [0.2, 0.25) is 0 Å². The highest BCUT2D eigenvalue weighted by atomic mass is 19.1. The predicted molar refractivity (Wildman–Crippen MR) is 82.5 cm³/mol. The lowest BCUT2D eigenvalue weighted by Crippen LogP contribution is -1.94. The van der Waals surface area contributed by atoms with Gasteiger partial charge in [0.05, 0.1) is 19.8 Å². The van der Waals surface area contributed by atoms with Gasteiger partial charge in [-0.1, -0.05) is 17.3 Å². The summed E-state index contributed by atoms with van der Waals surface area (Å²) in [5, 5.41) is 6.72. The highest BCUT2D eigenvalue weighted by Crippen LogP contribution is 2.28. The van der Waals surface area contributed by atoms with E-state index in [0.717, 1.165) is 0 Å². The lowest BCUT2D eigenvalue weighted by atomic mass is 10.2. The number of nitrogens with one attached hydrogen (secondary N) is 1. The van der Waals surface area contributed by atoms with Crippen LogP contribution in [0.1, 0.15) is 0 Å². The van der Waals surface area contributed by atoms with Gasteiger partial charge in [0.2, 0.25) is 5.82 Å². The molecule has 23 heavy (non-hydrogen) atoms. The summed E-state index contributed by atoms with van der Waals surface area (Å²) in [6, 6.07) is 11.6. The van der Waals surface area contributed by atoms with E-state index in [9.17, 15) is 4.39 Å². The Hall–Kier alpha value is -3.09. The second-order valence-corrected chi connectivity index (χ2v) is 4.63. The molecule has 0 aliphatic rings. The van der Waals surface area contributed by atoms with Crippen LogP contribution >= 0.6 is 0 Å². The molecule has 0 saturated carbocycles. The van der Waals surface area contributed by atoms with E-state index in [1.54, 1.807) is 50.6 Å². The molecule has 0 aliphatic carbocycles. The van der Waals surface area contributed by atoms with E-state index in [0.29, 0.717) is 17.2 Å². The predicted octanol–water partition coefficient (Wildman–Crippen LogP) is 3.64. The van der Waals surface area contributed by atoms with Crippen molar-refractivity contribution in [3.05, 3.63) is 48.3 Å². The molecule has 0 radical (unpaired) electrons. The maximum atomic E-state index is 13.7. The molecule has 0 atom stereocenters. The van der Waals surface area contributed by atoms with E-state index in [-0.39, 0.29) is 17.4 Å². The molecule has 1 heterocycles. The third-order valence-corrected chi connectivity index (χ3v) is 3.14. The van der Waals surface area contributed by atoms with E-state index in [4.69, 9.17) is 14.0 Å². The lowest BCUT2D eigenvalue weighted by molar-refractivity contribution is 0.394. The number of benzene rings is 2. The third-order valence-electron chi connectivity index (χ3n) is 3.14. The first kappa shape index (κ1) is 14.8. The lowest BCUT2D eigenvalue weighted by Gasteiger charge is -2.07. The highest BCUT2D eigenvalue weighted by molar-refractivity contribution is 5.61. The standard InChI is InChI=1S/C16H14FN3O3/c1-21-11-7-10(8-12(9-11)22-2)18-16-19-15(20-23-16)13-5-3-4-6-14(13)17/h3-9H,1-2H3,(H,18,19,20). The third kappa shape index (κ3) is 3.23. The largest absolute Gasteiger partial charge is 0.497 e. The number of hydrogen-bond acceptors (Lipinski definition) is 6. The highest BCUT2D eigenvalue weighted by Gasteiger charge is 2.13. The van der Waals surface area contributed by atoms with Crippen molar-refractivity contribution in [1.82, 2.24) is 10.1 Å². The molecule has 0 unspecified atom stereocenters. The van der Waals surface area contributed by atoms with Crippen LogP contribution in [0.5, 0.6) is 11.5 Å². The molecule has 3 rings (SSSR count). The fourth-order valence-corrected chi connectivity index (χ4v) is 2.03. The summed E-state index contributed by atoms with van der Waals surface area (Å²) in [4.78, 5) is 4.14. The van der Waals surface area contributed by atoms with E-state index in [1.165, 1.54) is 6.07 Å². The monoisotopic (exact) mass is 315 g/mol. The Bertz CT molecular complexity index is 798. The van der Waals surface area contributed by atoms with Gasteiger partial charge >= 0.3 is 6.01 Å². The van der Waals surface area contributed by atoms with Crippen molar-refractivity contribution in [3.63, 3.8) is 0 Å². The fourth-order valence-electron chi connectivity index (χ4n) is 2.03. The topological polar surface area (TPSA) is 69.4 Å². The summed E-state index contributed by atoms with van der Waals surface area (Å²) < 4.78 is 29.2. The number of hydrogen-bond donors (Lipinski definition) is 1. The smallest absolute Gasteiger partial charge is 0.326 e. The van der Waals surface area contributed by atoms with Gasteiger partial charge in [-0.15, -0.1) is 0 Å². The van der Waals surface area contributed by atoms with Crippen LogP contribution < -0.4 is 14.8 Å². The van der Waals surface area contributed by atoms with Gasteiger partial charge in [-0.25, -0.2) is 4.39 Å². The Labute approximate surface area is 131 Å². The molecular weight excluding hydrogens is 301 g/mol. The van der Waals surface area contributed by atoms with Gasteiger partial charge < -0.3 is 19.3 Å². The van der Waals surface area contributed by atoms with E-state index in [2.05, 4.69) is 15.5 Å². The molecular formula is C16H14FN3O3. The molecule has 0 amide bonds. The SMILES string of the molecule is COc1cc(Nc2nc(-c3ccccc3F)no2)cc(OC)c1. The Morgan fingerprint density at radius 2 is 1.74 bits per heavy atom. The number of rotatable bonds is 5. The van der Waals surface area contributed by atoms with Crippen molar-refractivity contribution < 1.29 is 18.4 Å². The van der Waals surface area contributed by atoms with Gasteiger partial charge in [-0.05, 0) is 12.1 Å². The maximum absolute atomic E-state index is 13.7. The van der Waals surface area contributed by atoms with Crippen LogP contribution in [0.4, 0.5) is 16.1 Å². The quantitative estimate of drug-likeness (QED) is 0.775. The van der Waals surface area contributed by atoms with Crippen molar-refractivity contribution in [3.8, 4) is 22.9 Å². The minimum atomic E-state index is -0.414. The normalized spacial score (nSPS) is 10.4. The Balaban J connectivity index is 1.86. The first-order chi connectivity index (χ1) is 11.2. The minimum absolute atomic E-state index is 0.138. The molecule has 1 aromatic heterocycles. The number of methoxy groups -OCH3 is 2. The average Bonchev–Trinajstić information content (AvgIpc) is 3.03. The Kier molecular flexibility index (Phi) is 4.09. The molecule has 2 aromatic carbocycles. The molecule has 6 nitrogen and oxygen atoms in total. The Morgan fingerprint density at radius 1 is 1.04 bits per heavy atom. The summed E-state index contributed by atoms with van der Waals surface area (Å²) in [6.45, 7) is 0. The summed E-state index contributed by atoms with van der Waals surface area (Å²) >= 11 is 0. The van der Waals surface area contributed by atoms with E-state index in [1.807, 2.05) is 0 Å². The van der Waals surface area contributed by atoms with Gasteiger partial charge in [-0.3, -0.25) is 0 Å². The van der Waals surface area contributed by atoms with Crippen LogP contribution in [0.15, 0.2) is 47.0 Å². The number of halogens is 1. The number of ether oxygens (including phenoxy) is 2. The molecule has 3 aromatic rings. The van der Waals surface area contributed by atoms with Gasteiger partial charge in [0.1, 0.15) is 17.3 Å². The molecule has 1 N–H and O–H groups in total. The first-order valence-corrected chi connectivity index (χ1v) is 6.78. The number of aromatic nitrogens is 2. The summed E-state index contributed by atoms with van der Waals surface area (Å²) in [5.74, 6) is 0.977. The summed E-state index contributed by atoms with van der Waals surface area (Å²) in [5.41, 5.74) is 0.914. The summed E-state index contributed by atoms with van der Waals surface area (Å²) in [7, 11) is 3.11. The molecule has 0 spiro atoms. The van der Waals surface area contributed by atoms with Crippen molar-refractivity contribution in [2.75, 3.05) is 19.5 Å². The average molecular weight is 315 g/mol. The van der Waals surface area contributed by atoms with E-state index >= 15 is 0 Å².